The topological polar surface area (TPSA) is 93.4 Å². The molecular formula is C27H24FN7O. The zero-order valence-corrected chi connectivity index (χ0v) is 19.8. The summed E-state index contributed by atoms with van der Waals surface area (Å²) < 4.78 is 16.6. The van der Waals surface area contributed by atoms with Gasteiger partial charge < -0.3 is 16.0 Å². The van der Waals surface area contributed by atoms with Crippen molar-refractivity contribution in [2.45, 2.75) is 25.4 Å². The lowest BCUT2D eigenvalue weighted by Crippen LogP contribution is -2.40. The Hall–Kier alpha value is -4.29. The van der Waals surface area contributed by atoms with Crippen molar-refractivity contribution in [3.05, 3.63) is 71.0 Å². The predicted octanol–water partition coefficient (Wildman–Crippen LogP) is 4.16. The number of carbonyl (C=O) groups is 1. The van der Waals surface area contributed by atoms with Crippen LogP contribution in [0.1, 0.15) is 28.8 Å². The molecule has 8 nitrogen and oxygen atoms in total. The predicted molar refractivity (Wildman–Crippen MR) is 136 cm³/mol. The summed E-state index contributed by atoms with van der Waals surface area (Å²) in [4.78, 5) is 23.5. The maximum Gasteiger partial charge on any atom is 0.255 e. The number of hydrogen-bond donors (Lipinski definition) is 2. The van der Waals surface area contributed by atoms with E-state index in [0.29, 0.717) is 42.3 Å². The van der Waals surface area contributed by atoms with E-state index in [4.69, 9.17) is 17.3 Å². The van der Waals surface area contributed by atoms with E-state index >= 15 is 0 Å². The molecule has 180 valence electrons. The minimum absolute atomic E-state index is 0.0414. The first kappa shape index (κ1) is 22.2. The Bertz CT molecular complexity index is 1580. The van der Waals surface area contributed by atoms with Crippen LogP contribution in [0.3, 0.4) is 0 Å². The molecule has 1 fully saturated rings. The Morgan fingerprint density at radius 1 is 1.14 bits per heavy atom. The second-order valence-electron chi connectivity index (χ2n) is 9.34. The Balaban J connectivity index is 1.63. The molecule has 4 heterocycles. The van der Waals surface area contributed by atoms with Gasteiger partial charge in [0.25, 0.3) is 5.91 Å². The smallest absolute Gasteiger partial charge is 0.255 e. The Kier molecular flexibility index (Phi) is 5.20. The molecular weight excluding hydrogens is 457 g/mol. The molecule has 2 aromatic heterocycles. The van der Waals surface area contributed by atoms with Crippen LogP contribution in [0.4, 0.5) is 15.9 Å². The molecule has 36 heavy (non-hydrogen) atoms. The van der Waals surface area contributed by atoms with E-state index in [-0.39, 0.29) is 17.6 Å². The van der Waals surface area contributed by atoms with E-state index in [2.05, 4.69) is 20.2 Å². The van der Waals surface area contributed by atoms with Gasteiger partial charge in [-0.2, -0.15) is 5.10 Å². The van der Waals surface area contributed by atoms with Gasteiger partial charge in [-0.3, -0.25) is 9.48 Å². The number of rotatable bonds is 3. The van der Waals surface area contributed by atoms with Gasteiger partial charge in [0.2, 0.25) is 5.69 Å². The van der Waals surface area contributed by atoms with E-state index in [1.807, 2.05) is 25.2 Å². The van der Waals surface area contributed by atoms with Gasteiger partial charge in [-0.15, -0.1) is 0 Å². The average Bonchev–Trinajstić information content (AvgIpc) is 3.46. The van der Waals surface area contributed by atoms with Crippen molar-refractivity contribution < 1.29 is 9.18 Å². The molecule has 0 radical (unpaired) electrons. The van der Waals surface area contributed by atoms with E-state index in [1.165, 1.54) is 12.1 Å². The standard InChI is InChI=1S/C27H24FN7O/c1-30-21-5-3-16(12-20(21)28)25-23(15-4-6-22-17(11-15)13-32-34(22)2)19-14-31-27(36)24(19)26(33-25)35-9-7-18(29)8-10-35/h3-6,11-13,18H,7-10,14,29H2,2H3,(H,31,36). The lowest BCUT2D eigenvalue weighted by Gasteiger charge is -2.32. The fourth-order valence-corrected chi connectivity index (χ4v) is 5.22. The van der Waals surface area contributed by atoms with Crippen LogP contribution >= 0.6 is 0 Å². The normalized spacial score (nSPS) is 15.7. The van der Waals surface area contributed by atoms with Gasteiger partial charge in [0.1, 0.15) is 11.6 Å². The fourth-order valence-electron chi connectivity index (χ4n) is 5.22. The number of aryl methyl sites for hydroxylation is 1. The zero-order valence-electron chi connectivity index (χ0n) is 19.8. The number of anilines is 1. The summed E-state index contributed by atoms with van der Waals surface area (Å²) >= 11 is 0. The Morgan fingerprint density at radius 2 is 1.92 bits per heavy atom. The number of pyridine rings is 1. The number of hydrogen-bond acceptors (Lipinski definition) is 5. The summed E-state index contributed by atoms with van der Waals surface area (Å²) in [6.07, 6.45) is 3.41. The van der Waals surface area contributed by atoms with Gasteiger partial charge in [0, 0.05) is 49.2 Å². The monoisotopic (exact) mass is 481 g/mol. The first-order valence-corrected chi connectivity index (χ1v) is 11.9. The zero-order chi connectivity index (χ0) is 25.0. The maximum atomic E-state index is 14.8. The summed E-state index contributed by atoms with van der Waals surface area (Å²) in [5.74, 6) is -0.159. The van der Waals surface area contributed by atoms with E-state index < -0.39 is 5.82 Å². The molecule has 1 amide bonds. The van der Waals surface area contributed by atoms with E-state index in [0.717, 1.165) is 40.4 Å². The summed E-state index contributed by atoms with van der Waals surface area (Å²) in [6, 6.07) is 10.7. The minimum atomic E-state index is -0.599. The van der Waals surface area contributed by atoms with Crippen LogP contribution in [0, 0.1) is 12.4 Å². The van der Waals surface area contributed by atoms with E-state index in [9.17, 15) is 9.18 Å². The van der Waals surface area contributed by atoms with Gasteiger partial charge in [-0.25, -0.2) is 14.2 Å². The van der Waals surface area contributed by atoms with Gasteiger partial charge in [-0.1, -0.05) is 18.2 Å². The lowest BCUT2D eigenvalue weighted by atomic mass is 9.91. The number of carbonyl (C=O) groups excluding carboxylic acids is 1. The Morgan fingerprint density at radius 3 is 2.67 bits per heavy atom. The number of halogens is 1. The molecule has 0 unspecified atom stereocenters. The molecule has 2 aromatic carbocycles. The van der Waals surface area contributed by atoms with Crippen LogP contribution in [0.5, 0.6) is 0 Å². The van der Waals surface area contributed by atoms with Crippen molar-refractivity contribution in [1.29, 1.82) is 0 Å². The van der Waals surface area contributed by atoms with Crippen molar-refractivity contribution in [1.82, 2.24) is 20.1 Å². The number of fused-ring (bicyclic) bond motifs is 2. The second kappa shape index (κ2) is 8.43. The van der Waals surface area contributed by atoms with Gasteiger partial charge >= 0.3 is 0 Å². The van der Waals surface area contributed by atoms with Crippen LogP contribution < -0.4 is 16.0 Å². The average molecular weight is 482 g/mol. The van der Waals surface area contributed by atoms with E-state index in [1.54, 1.807) is 16.9 Å². The summed E-state index contributed by atoms with van der Waals surface area (Å²) in [7, 11) is 1.89. The van der Waals surface area contributed by atoms with Crippen molar-refractivity contribution >= 4 is 28.3 Å². The molecule has 4 aromatic rings. The molecule has 0 atom stereocenters. The fraction of sp³-hybridized carbons (Fsp3) is 0.259. The van der Waals surface area contributed by atoms with Crippen molar-refractivity contribution in [2.24, 2.45) is 12.8 Å². The third-order valence-electron chi connectivity index (χ3n) is 7.15. The van der Waals surface area contributed by atoms with Crippen LogP contribution in [0.15, 0.2) is 42.6 Å². The van der Waals surface area contributed by atoms with Crippen LogP contribution in [0.2, 0.25) is 0 Å². The number of piperidine rings is 1. The molecule has 0 aliphatic carbocycles. The highest BCUT2D eigenvalue weighted by Gasteiger charge is 2.33. The molecule has 2 aliphatic rings. The van der Waals surface area contributed by atoms with Crippen molar-refractivity contribution in [3.63, 3.8) is 0 Å². The van der Waals surface area contributed by atoms with Gasteiger partial charge in [0.15, 0.2) is 0 Å². The van der Waals surface area contributed by atoms with Gasteiger partial charge in [0.05, 0.1) is 29.5 Å². The lowest BCUT2D eigenvalue weighted by molar-refractivity contribution is 0.0966. The first-order valence-electron chi connectivity index (χ1n) is 11.9. The van der Waals surface area contributed by atoms with Crippen LogP contribution in [-0.4, -0.2) is 39.8 Å². The summed E-state index contributed by atoms with van der Waals surface area (Å²) in [5, 5.41) is 8.27. The molecule has 3 N–H and O–H groups in total. The number of aromatic nitrogens is 3. The molecule has 0 saturated carbocycles. The molecule has 9 heteroatoms. The molecule has 2 aliphatic heterocycles. The minimum Gasteiger partial charge on any atom is -0.356 e. The van der Waals surface area contributed by atoms with Crippen molar-refractivity contribution in [3.8, 4) is 22.4 Å². The number of nitrogens with one attached hydrogen (secondary N) is 1. The largest absolute Gasteiger partial charge is 0.356 e. The number of nitrogens with zero attached hydrogens (tertiary/aromatic N) is 5. The first-order chi connectivity index (χ1) is 17.4. The SMILES string of the molecule is [C-]#[N+]c1ccc(-c2nc(N3CCC(N)CC3)c3c(c2-c2ccc4c(cnn4C)c2)CNC3=O)cc1F. The van der Waals surface area contributed by atoms with Gasteiger partial charge in [-0.05, 0) is 42.2 Å². The summed E-state index contributed by atoms with van der Waals surface area (Å²) in [5.41, 5.74) is 11.2. The second-order valence-corrected chi connectivity index (χ2v) is 9.34. The highest BCUT2D eigenvalue weighted by Crippen LogP contribution is 2.42. The quantitative estimate of drug-likeness (QED) is 0.429. The molecule has 6 rings (SSSR count). The number of benzene rings is 2. The highest BCUT2D eigenvalue weighted by atomic mass is 19.1. The third kappa shape index (κ3) is 3.49. The van der Waals surface area contributed by atoms with Crippen LogP contribution in [-0.2, 0) is 13.6 Å². The molecule has 0 bridgehead atoms. The third-order valence-corrected chi connectivity index (χ3v) is 7.15. The maximum absolute atomic E-state index is 14.8. The Labute approximate surface area is 207 Å². The number of amides is 1. The summed E-state index contributed by atoms with van der Waals surface area (Å²) in [6.45, 7) is 8.96. The molecule has 0 spiro atoms. The number of nitrogens with two attached hydrogens (primary N) is 1. The van der Waals surface area contributed by atoms with Crippen LogP contribution in [0.25, 0.3) is 38.1 Å². The highest BCUT2D eigenvalue weighted by molar-refractivity contribution is 6.07. The molecule has 1 saturated heterocycles. The van der Waals surface area contributed by atoms with Crippen molar-refractivity contribution in [2.75, 3.05) is 18.0 Å².